The van der Waals surface area contributed by atoms with Gasteiger partial charge in [-0.15, -0.1) is 0 Å². The Labute approximate surface area is 133 Å². The van der Waals surface area contributed by atoms with Crippen LogP contribution >= 0.6 is 0 Å². The van der Waals surface area contributed by atoms with E-state index in [9.17, 15) is 0 Å². The van der Waals surface area contributed by atoms with E-state index in [2.05, 4.69) is 54.9 Å². The minimum absolute atomic E-state index is 0.754. The van der Waals surface area contributed by atoms with Crippen molar-refractivity contribution in [3.63, 3.8) is 0 Å². The number of nitrogens with zero attached hydrogens (tertiary/aromatic N) is 1. The van der Waals surface area contributed by atoms with E-state index in [-0.39, 0.29) is 0 Å². The van der Waals surface area contributed by atoms with E-state index in [0.717, 1.165) is 36.5 Å². The zero-order valence-corrected chi connectivity index (χ0v) is 13.4. The number of rotatable bonds is 6. The lowest BCUT2D eigenvalue weighted by Crippen LogP contribution is -1.97. The molecular weight excluding hydrogens is 270 g/mol. The number of ether oxygens (including phenoxy) is 1. The highest BCUT2D eigenvalue weighted by Gasteiger charge is 1.95. The molecule has 2 heteroatoms. The van der Waals surface area contributed by atoms with Crippen LogP contribution in [0.25, 0.3) is 0 Å². The van der Waals surface area contributed by atoms with Gasteiger partial charge < -0.3 is 4.74 Å². The average molecular weight is 293 g/mol. The van der Waals surface area contributed by atoms with E-state index < -0.39 is 0 Å². The molecule has 1 aromatic heterocycles. The molecular formula is C20H23NO. The maximum Gasteiger partial charge on any atom is 0.137 e. The van der Waals surface area contributed by atoms with Crippen LogP contribution in [0.4, 0.5) is 0 Å². The van der Waals surface area contributed by atoms with E-state index >= 15 is 0 Å². The molecule has 2 nitrogen and oxygen atoms in total. The van der Waals surface area contributed by atoms with Crippen LogP contribution in [0.2, 0.25) is 0 Å². The van der Waals surface area contributed by atoms with Crippen molar-refractivity contribution in [3.8, 4) is 17.6 Å². The van der Waals surface area contributed by atoms with Gasteiger partial charge in [0.25, 0.3) is 0 Å². The highest BCUT2D eigenvalue weighted by Crippen LogP contribution is 2.10. The Morgan fingerprint density at radius 2 is 1.77 bits per heavy atom. The molecule has 0 N–H and O–H groups in total. The highest BCUT2D eigenvalue weighted by molar-refractivity contribution is 5.41. The van der Waals surface area contributed by atoms with Gasteiger partial charge in [0.05, 0.1) is 12.8 Å². The third kappa shape index (κ3) is 5.26. The van der Waals surface area contributed by atoms with Gasteiger partial charge >= 0.3 is 0 Å². The Morgan fingerprint density at radius 3 is 2.41 bits per heavy atom. The minimum atomic E-state index is 0.754. The largest absolute Gasteiger partial charge is 0.492 e. The third-order valence-electron chi connectivity index (χ3n) is 3.45. The van der Waals surface area contributed by atoms with Crippen molar-refractivity contribution in [2.24, 2.45) is 0 Å². The molecule has 0 saturated heterocycles. The van der Waals surface area contributed by atoms with Crippen molar-refractivity contribution >= 4 is 0 Å². The molecule has 0 atom stereocenters. The van der Waals surface area contributed by atoms with Gasteiger partial charge in [0.2, 0.25) is 0 Å². The Balaban J connectivity index is 1.92. The summed E-state index contributed by atoms with van der Waals surface area (Å²) < 4.78 is 5.64. The first-order valence-corrected chi connectivity index (χ1v) is 8.01. The fourth-order valence-corrected chi connectivity index (χ4v) is 2.04. The summed E-state index contributed by atoms with van der Waals surface area (Å²) in [7, 11) is 0. The van der Waals surface area contributed by atoms with Crippen LogP contribution in [-0.2, 0) is 6.42 Å². The molecule has 2 rings (SSSR count). The van der Waals surface area contributed by atoms with Crippen molar-refractivity contribution in [2.75, 3.05) is 6.61 Å². The van der Waals surface area contributed by atoms with Gasteiger partial charge in [-0.1, -0.05) is 44.7 Å². The molecule has 0 amide bonds. The van der Waals surface area contributed by atoms with Crippen LogP contribution in [0, 0.1) is 11.8 Å². The molecule has 22 heavy (non-hydrogen) atoms. The zero-order chi connectivity index (χ0) is 15.6. The van der Waals surface area contributed by atoms with E-state index in [0.29, 0.717) is 0 Å². The summed E-state index contributed by atoms with van der Waals surface area (Å²) in [5.41, 5.74) is 3.10. The standard InChI is InChI=1S/C20H23NO/c1-3-5-6-15-22-20-14-13-19(21-16-20)12-11-18-9-7-17(4-2)8-10-18/h7-10,13-14,16H,3-6,15H2,1-2H3. The summed E-state index contributed by atoms with van der Waals surface area (Å²) in [6, 6.07) is 12.2. The first-order valence-electron chi connectivity index (χ1n) is 8.01. The number of benzene rings is 1. The van der Waals surface area contributed by atoms with Crippen LogP contribution in [0.3, 0.4) is 0 Å². The van der Waals surface area contributed by atoms with Crippen LogP contribution in [0.5, 0.6) is 5.75 Å². The Bertz CT molecular complexity index is 617. The van der Waals surface area contributed by atoms with E-state index in [4.69, 9.17) is 4.74 Å². The van der Waals surface area contributed by atoms with E-state index in [1.807, 2.05) is 12.1 Å². The predicted molar refractivity (Wildman–Crippen MR) is 91.1 cm³/mol. The van der Waals surface area contributed by atoms with Crippen molar-refractivity contribution in [3.05, 3.63) is 59.4 Å². The highest BCUT2D eigenvalue weighted by atomic mass is 16.5. The second kappa shape index (κ2) is 8.89. The number of aryl methyl sites for hydroxylation is 1. The molecule has 0 fully saturated rings. The maximum absolute atomic E-state index is 5.64. The third-order valence-corrected chi connectivity index (χ3v) is 3.45. The maximum atomic E-state index is 5.64. The average Bonchev–Trinajstić information content (AvgIpc) is 2.58. The molecule has 0 radical (unpaired) electrons. The smallest absolute Gasteiger partial charge is 0.137 e. The molecule has 0 spiro atoms. The first kappa shape index (κ1) is 16.1. The lowest BCUT2D eigenvalue weighted by atomic mass is 10.1. The summed E-state index contributed by atoms with van der Waals surface area (Å²) >= 11 is 0. The van der Waals surface area contributed by atoms with Gasteiger partial charge in [0.1, 0.15) is 11.4 Å². The fourth-order valence-electron chi connectivity index (χ4n) is 2.04. The molecule has 0 bridgehead atoms. The van der Waals surface area contributed by atoms with Gasteiger partial charge in [0.15, 0.2) is 0 Å². The molecule has 0 saturated carbocycles. The van der Waals surface area contributed by atoms with E-state index in [1.54, 1.807) is 6.20 Å². The monoisotopic (exact) mass is 293 g/mol. The lowest BCUT2D eigenvalue weighted by molar-refractivity contribution is 0.305. The molecule has 2 aromatic rings. The van der Waals surface area contributed by atoms with Crippen molar-refractivity contribution in [1.29, 1.82) is 0 Å². The number of pyridine rings is 1. The number of hydrogen-bond donors (Lipinski definition) is 0. The molecule has 0 aliphatic rings. The summed E-state index contributed by atoms with van der Waals surface area (Å²) in [4.78, 5) is 4.33. The number of unbranched alkanes of at least 4 members (excludes halogenated alkanes) is 2. The van der Waals surface area contributed by atoms with Gasteiger partial charge in [0, 0.05) is 5.56 Å². The zero-order valence-electron chi connectivity index (χ0n) is 13.4. The second-order valence-corrected chi connectivity index (χ2v) is 5.24. The normalized spacial score (nSPS) is 9.91. The minimum Gasteiger partial charge on any atom is -0.492 e. The molecule has 1 heterocycles. The van der Waals surface area contributed by atoms with Gasteiger partial charge in [-0.2, -0.15) is 0 Å². The van der Waals surface area contributed by atoms with Gasteiger partial charge in [-0.3, -0.25) is 0 Å². The Hall–Kier alpha value is -2.27. The van der Waals surface area contributed by atoms with Crippen LogP contribution in [0.15, 0.2) is 42.6 Å². The van der Waals surface area contributed by atoms with Crippen molar-refractivity contribution < 1.29 is 4.74 Å². The summed E-state index contributed by atoms with van der Waals surface area (Å²) in [5, 5.41) is 0. The Morgan fingerprint density at radius 1 is 0.955 bits per heavy atom. The second-order valence-electron chi connectivity index (χ2n) is 5.24. The van der Waals surface area contributed by atoms with E-state index in [1.165, 1.54) is 18.4 Å². The van der Waals surface area contributed by atoms with Gasteiger partial charge in [-0.05, 0) is 48.6 Å². The number of aromatic nitrogens is 1. The lowest BCUT2D eigenvalue weighted by Gasteiger charge is -2.04. The van der Waals surface area contributed by atoms with Crippen LogP contribution in [0.1, 0.15) is 49.9 Å². The van der Waals surface area contributed by atoms with Crippen LogP contribution < -0.4 is 4.74 Å². The fraction of sp³-hybridized carbons (Fsp3) is 0.350. The van der Waals surface area contributed by atoms with Gasteiger partial charge in [-0.25, -0.2) is 4.98 Å². The SMILES string of the molecule is CCCCCOc1ccc(C#Cc2ccc(CC)cc2)nc1. The predicted octanol–water partition coefficient (Wildman–Crippen LogP) is 4.61. The molecule has 0 unspecified atom stereocenters. The molecule has 0 aliphatic carbocycles. The van der Waals surface area contributed by atoms with Crippen LogP contribution in [-0.4, -0.2) is 11.6 Å². The Kier molecular flexibility index (Phi) is 6.51. The molecule has 1 aromatic carbocycles. The summed E-state index contributed by atoms with van der Waals surface area (Å²) in [6.07, 6.45) is 6.29. The molecule has 0 aliphatic heterocycles. The van der Waals surface area contributed by atoms with Crippen molar-refractivity contribution in [2.45, 2.75) is 39.5 Å². The topological polar surface area (TPSA) is 22.1 Å². The number of hydrogen-bond acceptors (Lipinski definition) is 2. The summed E-state index contributed by atoms with van der Waals surface area (Å²) in [6.45, 7) is 5.09. The first-order chi connectivity index (χ1) is 10.8. The summed E-state index contributed by atoms with van der Waals surface area (Å²) in [5.74, 6) is 7.04. The quantitative estimate of drug-likeness (QED) is 0.573. The molecule has 114 valence electrons. The van der Waals surface area contributed by atoms with Crippen molar-refractivity contribution in [1.82, 2.24) is 4.98 Å².